The summed E-state index contributed by atoms with van der Waals surface area (Å²) in [5, 5.41) is 3.12. The zero-order valence-corrected chi connectivity index (χ0v) is 23.3. The summed E-state index contributed by atoms with van der Waals surface area (Å²) in [5.41, 5.74) is 1.33. The molecule has 7 nitrogen and oxygen atoms in total. The molecule has 3 fully saturated rings. The van der Waals surface area contributed by atoms with E-state index in [1.165, 1.54) is 7.11 Å². The number of methoxy groups -OCH3 is 2. The molecule has 214 valence electrons. The van der Waals surface area contributed by atoms with Crippen molar-refractivity contribution >= 4 is 17.6 Å². The third-order valence-corrected chi connectivity index (χ3v) is 9.83. The van der Waals surface area contributed by atoms with E-state index < -0.39 is 29.9 Å². The van der Waals surface area contributed by atoms with E-state index in [0.29, 0.717) is 44.6 Å². The number of likely N-dealkylation sites (tertiary alicyclic amines) is 1. The van der Waals surface area contributed by atoms with Crippen molar-refractivity contribution in [2.45, 2.75) is 49.7 Å². The van der Waals surface area contributed by atoms with Crippen molar-refractivity contribution in [3.05, 3.63) is 64.7 Å². The third kappa shape index (κ3) is 4.04. The second-order valence-corrected chi connectivity index (χ2v) is 11.8. The van der Waals surface area contributed by atoms with Gasteiger partial charge in [0.1, 0.15) is 12.4 Å². The minimum absolute atomic E-state index is 0.0430. The number of halogens is 2. The minimum atomic E-state index is -2.08. The maximum Gasteiger partial charge on any atom is 0.308 e. The number of piperidine rings is 1. The monoisotopic (exact) mass is 553 g/mol. The predicted octanol–water partition coefficient (Wildman–Crippen LogP) is 3.85. The first-order chi connectivity index (χ1) is 19.3. The van der Waals surface area contributed by atoms with E-state index in [9.17, 15) is 14.0 Å². The van der Waals surface area contributed by atoms with Gasteiger partial charge in [-0.15, -0.1) is 0 Å². The molecule has 0 saturated carbocycles. The lowest BCUT2D eigenvalue weighted by Gasteiger charge is -2.57. The summed E-state index contributed by atoms with van der Waals surface area (Å²) < 4.78 is 42.0. The molecule has 40 heavy (non-hydrogen) atoms. The number of benzene rings is 2. The highest BCUT2D eigenvalue weighted by Crippen LogP contribution is 2.56. The van der Waals surface area contributed by atoms with Crippen LogP contribution in [0.3, 0.4) is 0 Å². The van der Waals surface area contributed by atoms with Crippen LogP contribution in [0.2, 0.25) is 0 Å². The largest absolute Gasteiger partial charge is 0.469 e. The summed E-state index contributed by atoms with van der Waals surface area (Å²) in [5.74, 6) is -2.10. The second-order valence-electron chi connectivity index (χ2n) is 11.8. The molecule has 2 aromatic rings. The van der Waals surface area contributed by atoms with Crippen LogP contribution >= 0.6 is 0 Å². The van der Waals surface area contributed by atoms with Crippen LogP contribution in [0, 0.1) is 18.8 Å². The molecule has 1 N–H and O–H groups in total. The fraction of sp³-hybridized carbons (Fsp3) is 0.548. The molecule has 0 bridgehead atoms. The van der Waals surface area contributed by atoms with E-state index >= 15 is 4.39 Å². The first-order valence-corrected chi connectivity index (χ1v) is 14.1. The lowest BCUT2D eigenvalue weighted by atomic mass is 9.70. The van der Waals surface area contributed by atoms with Crippen LogP contribution in [-0.2, 0) is 25.7 Å². The van der Waals surface area contributed by atoms with Crippen molar-refractivity contribution in [1.82, 2.24) is 10.2 Å². The summed E-state index contributed by atoms with van der Waals surface area (Å²) in [6.07, 6.45) is 0.960. The number of esters is 1. The number of hydrogen-bond acceptors (Lipinski definition) is 6. The van der Waals surface area contributed by atoms with Crippen LogP contribution in [0.25, 0.3) is 0 Å². The fourth-order valence-corrected chi connectivity index (χ4v) is 7.74. The van der Waals surface area contributed by atoms with Gasteiger partial charge in [-0.25, -0.2) is 8.78 Å². The maximum atomic E-state index is 16.8. The van der Waals surface area contributed by atoms with Crippen molar-refractivity contribution in [2.75, 3.05) is 51.8 Å². The van der Waals surface area contributed by atoms with E-state index in [1.807, 2.05) is 43.3 Å². The molecule has 1 amide bonds. The molecule has 6 rings (SSSR count). The van der Waals surface area contributed by atoms with Gasteiger partial charge in [0.05, 0.1) is 13.0 Å². The van der Waals surface area contributed by atoms with Gasteiger partial charge in [0.25, 0.3) is 5.91 Å². The van der Waals surface area contributed by atoms with Crippen LogP contribution in [0.4, 0.5) is 14.5 Å². The fourth-order valence-electron chi connectivity index (χ4n) is 7.74. The molecule has 6 atom stereocenters. The van der Waals surface area contributed by atoms with E-state index in [0.717, 1.165) is 22.4 Å². The molecule has 0 spiro atoms. The van der Waals surface area contributed by atoms with Crippen LogP contribution in [0.15, 0.2) is 42.5 Å². The van der Waals surface area contributed by atoms with Crippen LogP contribution in [-0.4, -0.2) is 75.1 Å². The molecule has 0 aromatic heterocycles. The minimum Gasteiger partial charge on any atom is -0.469 e. The Balaban J connectivity index is 1.37. The van der Waals surface area contributed by atoms with Gasteiger partial charge in [0.15, 0.2) is 0 Å². The number of hydrogen-bond donors (Lipinski definition) is 1. The molecule has 4 heterocycles. The summed E-state index contributed by atoms with van der Waals surface area (Å²) in [7, 11) is 3.01. The number of nitrogens with zero attached hydrogens (tertiary/aromatic N) is 2. The summed E-state index contributed by atoms with van der Waals surface area (Å²) in [6.45, 7) is 2.89. The maximum absolute atomic E-state index is 16.8. The molecule has 3 unspecified atom stereocenters. The van der Waals surface area contributed by atoms with Crippen LogP contribution in [0.1, 0.15) is 46.9 Å². The number of rotatable bonds is 5. The van der Waals surface area contributed by atoms with Gasteiger partial charge in [-0.05, 0) is 36.1 Å². The molecular formula is C31H37F2N3O4. The Morgan fingerprint density at radius 3 is 2.60 bits per heavy atom. The van der Waals surface area contributed by atoms with Gasteiger partial charge < -0.3 is 24.6 Å². The van der Waals surface area contributed by atoms with E-state index in [1.54, 1.807) is 18.1 Å². The molecule has 0 radical (unpaired) electrons. The van der Waals surface area contributed by atoms with Crippen molar-refractivity contribution in [2.24, 2.45) is 11.8 Å². The average molecular weight is 554 g/mol. The zero-order valence-electron chi connectivity index (χ0n) is 23.3. The smallest absolute Gasteiger partial charge is 0.308 e. The predicted molar refractivity (Wildman–Crippen MR) is 147 cm³/mol. The Kier molecular flexibility index (Phi) is 6.86. The van der Waals surface area contributed by atoms with Crippen molar-refractivity contribution < 1.29 is 27.8 Å². The standard InChI is InChI=1S/C31H37F2N3O4/c1-19-4-7-21(8-5-19)25-15-34-18-30(25,33)29(38)35-16-24-23-9-6-20(14-32)12-27(23)36-11-10-22(28(37)39-2)13-31(36,40-3)26(24)17-35/h4-9,12,22,24-26,34H,10-11,13-18H2,1-3H3/t22?,24?,25-,26-,30-,31?/m0/s1. The summed E-state index contributed by atoms with van der Waals surface area (Å²) in [4.78, 5) is 30.5. The Morgan fingerprint density at radius 2 is 1.90 bits per heavy atom. The zero-order chi connectivity index (χ0) is 28.2. The number of carbonyl (C=O) groups is 2. The molecule has 9 heteroatoms. The molecule has 4 aliphatic heterocycles. The number of anilines is 1. The van der Waals surface area contributed by atoms with Gasteiger partial charge in [0, 0.05) is 69.7 Å². The van der Waals surface area contributed by atoms with Gasteiger partial charge in [-0.2, -0.15) is 0 Å². The van der Waals surface area contributed by atoms with Gasteiger partial charge in [-0.3, -0.25) is 9.59 Å². The molecule has 4 aliphatic rings. The third-order valence-electron chi connectivity index (χ3n) is 9.83. The number of nitrogens with one attached hydrogen (secondary N) is 1. The van der Waals surface area contributed by atoms with Gasteiger partial charge in [-0.1, -0.05) is 42.0 Å². The number of aryl methyl sites for hydroxylation is 1. The number of carbonyl (C=O) groups excluding carboxylic acids is 2. The van der Waals surface area contributed by atoms with E-state index in [2.05, 4.69) is 10.2 Å². The second kappa shape index (κ2) is 10.1. The Hall–Kier alpha value is -3.04. The first-order valence-electron chi connectivity index (χ1n) is 14.1. The summed E-state index contributed by atoms with van der Waals surface area (Å²) >= 11 is 0. The van der Waals surface area contributed by atoms with Crippen LogP contribution in [0.5, 0.6) is 0 Å². The average Bonchev–Trinajstić information content (AvgIpc) is 3.61. The Bertz CT molecular complexity index is 1310. The Morgan fingerprint density at radius 1 is 1.12 bits per heavy atom. The SMILES string of the molecule is COC(=O)C1CCN2c3cc(CF)ccc3C3CN(C(=O)[C@]4(F)CNC[C@H]4c4ccc(C)cc4)C[C@@H]3C2(OC)C1. The first kappa shape index (κ1) is 27.1. The number of amides is 1. The van der Waals surface area contributed by atoms with Crippen molar-refractivity contribution in [3.8, 4) is 0 Å². The van der Waals surface area contributed by atoms with E-state index in [4.69, 9.17) is 9.47 Å². The lowest BCUT2D eigenvalue weighted by molar-refractivity contribution is -0.155. The quantitative estimate of drug-likeness (QED) is 0.568. The summed E-state index contributed by atoms with van der Waals surface area (Å²) in [6, 6.07) is 13.3. The highest BCUT2D eigenvalue weighted by atomic mass is 19.1. The van der Waals surface area contributed by atoms with Crippen molar-refractivity contribution in [3.63, 3.8) is 0 Å². The highest BCUT2D eigenvalue weighted by Gasteiger charge is 2.61. The molecular weight excluding hydrogens is 516 g/mol. The highest BCUT2D eigenvalue weighted by molar-refractivity contribution is 5.88. The van der Waals surface area contributed by atoms with Crippen molar-refractivity contribution in [1.29, 1.82) is 0 Å². The Labute approximate surface area is 233 Å². The van der Waals surface area contributed by atoms with Gasteiger partial charge >= 0.3 is 5.97 Å². The van der Waals surface area contributed by atoms with Crippen LogP contribution < -0.4 is 10.2 Å². The topological polar surface area (TPSA) is 71.1 Å². The normalized spacial score (nSPS) is 32.8. The molecule has 0 aliphatic carbocycles. The number of alkyl halides is 2. The van der Waals surface area contributed by atoms with Gasteiger partial charge in [0.2, 0.25) is 5.67 Å². The van der Waals surface area contributed by atoms with E-state index in [-0.39, 0.29) is 30.3 Å². The number of ether oxygens (including phenoxy) is 2. The molecule has 3 saturated heterocycles. The molecule has 2 aromatic carbocycles. The number of fused-ring (bicyclic) bond motifs is 6. The lowest BCUT2D eigenvalue weighted by Crippen LogP contribution is -2.64.